The van der Waals surface area contributed by atoms with E-state index in [0.29, 0.717) is 43.4 Å². The summed E-state index contributed by atoms with van der Waals surface area (Å²) in [4.78, 5) is 72.0. The maximum Gasteiger partial charge on any atom is 0.245 e. The van der Waals surface area contributed by atoms with Crippen molar-refractivity contribution in [3.63, 3.8) is 0 Å². The van der Waals surface area contributed by atoms with E-state index in [2.05, 4.69) is 26.6 Å². The van der Waals surface area contributed by atoms with Gasteiger partial charge < -0.3 is 52.4 Å². The number of ether oxygens (including phenoxy) is 2. The molecule has 0 aromatic carbocycles. The Labute approximate surface area is 338 Å². The predicted octanol–water partition coefficient (Wildman–Crippen LogP) is 1.54. The number of rotatable bonds is 10. The highest BCUT2D eigenvalue weighted by atomic mass is 16.5. The van der Waals surface area contributed by atoms with Gasteiger partial charge in [-0.2, -0.15) is 0 Å². The van der Waals surface area contributed by atoms with Gasteiger partial charge in [-0.3, -0.25) is 29.4 Å². The molecule has 1 aliphatic heterocycles. The molecular weight excluding hydrogens is 731 g/mol. The van der Waals surface area contributed by atoms with Crippen LogP contribution in [0.1, 0.15) is 124 Å². The van der Waals surface area contributed by atoms with Crippen molar-refractivity contribution in [1.82, 2.24) is 31.5 Å². The molecule has 16 nitrogen and oxygen atoms in total. The lowest BCUT2D eigenvalue weighted by Gasteiger charge is -2.55. The number of hydrogen-bond donors (Lipinski definition) is 8. The van der Waals surface area contributed by atoms with E-state index in [0.717, 1.165) is 51.4 Å². The van der Waals surface area contributed by atoms with E-state index >= 15 is 0 Å². The van der Waals surface area contributed by atoms with Gasteiger partial charge in [-0.05, 0) is 88.4 Å². The molecule has 5 aliphatic rings. The van der Waals surface area contributed by atoms with Crippen LogP contribution >= 0.6 is 0 Å². The predicted molar refractivity (Wildman–Crippen MR) is 215 cm³/mol. The van der Waals surface area contributed by atoms with Crippen LogP contribution in [0.15, 0.2) is 0 Å². The number of nitrogens with one attached hydrogen (secondary N) is 6. The van der Waals surface area contributed by atoms with Gasteiger partial charge in [0.15, 0.2) is 5.96 Å². The third kappa shape index (κ3) is 11.8. The van der Waals surface area contributed by atoms with E-state index in [1.165, 1.54) is 24.2 Å². The molecule has 7 atom stereocenters. The Morgan fingerprint density at radius 1 is 0.912 bits per heavy atom. The Morgan fingerprint density at radius 2 is 1.56 bits per heavy atom. The first kappa shape index (κ1) is 44.6. The molecule has 4 saturated carbocycles. The highest BCUT2D eigenvalue weighted by Gasteiger charge is 2.49. The van der Waals surface area contributed by atoms with Gasteiger partial charge in [-0.25, -0.2) is 0 Å². The molecule has 5 amide bonds. The Morgan fingerprint density at radius 3 is 2.16 bits per heavy atom. The van der Waals surface area contributed by atoms with E-state index in [-0.39, 0.29) is 49.7 Å². The third-order valence-electron chi connectivity index (χ3n) is 13.4. The van der Waals surface area contributed by atoms with Gasteiger partial charge in [-0.15, -0.1) is 0 Å². The molecule has 1 spiro atoms. The zero-order chi connectivity index (χ0) is 41.3. The molecule has 322 valence electrons. The summed E-state index contributed by atoms with van der Waals surface area (Å²) in [7, 11) is 1.66. The van der Waals surface area contributed by atoms with Crippen LogP contribution in [-0.2, 0) is 33.4 Å². The Kier molecular flexibility index (Phi) is 16.0. The van der Waals surface area contributed by atoms with Crippen molar-refractivity contribution < 1.29 is 33.4 Å². The smallest absolute Gasteiger partial charge is 0.245 e. The fraction of sp³-hybridized carbons (Fsp3) is 0.854. The van der Waals surface area contributed by atoms with Crippen LogP contribution in [0, 0.1) is 28.6 Å². The maximum atomic E-state index is 14.3. The van der Waals surface area contributed by atoms with Gasteiger partial charge in [0.25, 0.3) is 0 Å². The summed E-state index contributed by atoms with van der Waals surface area (Å²) in [5.41, 5.74) is 12.0. The first-order valence-corrected chi connectivity index (χ1v) is 21.7. The summed E-state index contributed by atoms with van der Waals surface area (Å²) in [6.07, 6.45) is 13.6. The zero-order valence-corrected chi connectivity index (χ0v) is 34.7. The summed E-state index contributed by atoms with van der Waals surface area (Å²) >= 11 is 0. The summed E-state index contributed by atoms with van der Waals surface area (Å²) in [5, 5.41) is 21.9. The maximum absolute atomic E-state index is 14.3. The van der Waals surface area contributed by atoms with Gasteiger partial charge in [0.1, 0.15) is 24.2 Å². The van der Waals surface area contributed by atoms with E-state index in [1.54, 1.807) is 7.05 Å². The van der Waals surface area contributed by atoms with Crippen LogP contribution in [0.5, 0.6) is 0 Å². The van der Waals surface area contributed by atoms with Gasteiger partial charge in [-0.1, -0.05) is 52.4 Å². The van der Waals surface area contributed by atoms with Crippen LogP contribution in [0.2, 0.25) is 0 Å². The second-order valence-corrected chi connectivity index (χ2v) is 18.0. The molecule has 0 aromatic rings. The molecule has 0 radical (unpaired) electrons. The molecule has 1 heterocycles. The lowest BCUT2D eigenvalue weighted by Crippen LogP contribution is -2.62. The first-order valence-electron chi connectivity index (χ1n) is 21.7. The molecular formula is C41H71N9O7. The molecule has 5 fully saturated rings. The number of nitrogens with zero attached hydrogens (tertiary/aromatic N) is 1. The van der Waals surface area contributed by atoms with E-state index < -0.39 is 65.9 Å². The summed E-state index contributed by atoms with van der Waals surface area (Å²) in [6, 6.07) is -4.59. The minimum absolute atomic E-state index is 0.0141. The zero-order valence-electron chi connectivity index (χ0n) is 34.7. The molecule has 0 bridgehead atoms. The molecule has 57 heavy (non-hydrogen) atoms. The van der Waals surface area contributed by atoms with Crippen LogP contribution < -0.4 is 38.1 Å². The van der Waals surface area contributed by atoms with Gasteiger partial charge in [0, 0.05) is 25.7 Å². The highest BCUT2D eigenvalue weighted by molar-refractivity contribution is 5.96. The topological polar surface area (TPSA) is 243 Å². The molecule has 0 unspecified atom stereocenters. The van der Waals surface area contributed by atoms with Crippen LogP contribution in [0.25, 0.3) is 0 Å². The minimum Gasteiger partial charge on any atom is -0.375 e. The Hall–Kier alpha value is -3.50. The third-order valence-corrected chi connectivity index (χ3v) is 13.4. The fourth-order valence-electron chi connectivity index (χ4n) is 9.73. The largest absolute Gasteiger partial charge is 0.375 e. The SMILES string of the molecule is CCC[C@H]1C(=O)N[C@@H](C2CCCCCC2)C(=O)N[C@@H](CN)C(=O)N[C@@H](CO[C@H]2C[C@H](NC(=N)N)C2)C(=O)N[C@H](C)CO[C@H](CC2CC3(CCC3)C2)[C@@H](C)C(=O)N1C. The standard InChI is InChI=1S/C41H71N9O7/c1-5-11-32-37(53)49-34(27-12-8-6-7-9-13-27)38(54)47-30(21-42)35(51)48-31(23-56-29-17-28(18-29)46-40(43)44)36(52)45-24(2)22-57-33(25(3)39(55)50(32)4)16-26-19-41(20-26)14-10-15-41/h24-34H,5-23,42H2,1-4H3,(H,45,52)(H,47,54)(H,48,51)(H,49,53)(H4,43,44,46)/t24-,25-,28-,29-,30+,31+,32+,33-,34+/m1/s1. The van der Waals surface area contributed by atoms with E-state index in [1.807, 2.05) is 20.8 Å². The molecule has 16 heteroatoms. The second-order valence-electron chi connectivity index (χ2n) is 18.0. The molecule has 10 N–H and O–H groups in total. The van der Waals surface area contributed by atoms with Crippen molar-refractivity contribution >= 4 is 35.5 Å². The fourth-order valence-corrected chi connectivity index (χ4v) is 9.73. The molecule has 0 aromatic heterocycles. The molecule has 4 aliphatic carbocycles. The van der Waals surface area contributed by atoms with Crippen molar-refractivity contribution in [2.45, 2.75) is 172 Å². The number of carbonyl (C=O) groups is 5. The van der Waals surface area contributed by atoms with E-state index in [9.17, 15) is 24.0 Å². The number of likely N-dealkylation sites (N-methyl/N-ethyl adjacent to an activating group) is 1. The van der Waals surface area contributed by atoms with Crippen LogP contribution in [-0.4, -0.2) is 116 Å². The van der Waals surface area contributed by atoms with Crippen molar-refractivity contribution in [3.05, 3.63) is 0 Å². The highest BCUT2D eigenvalue weighted by Crippen LogP contribution is 2.60. The number of amides is 5. The van der Waals surface area contributed by atoms with Crippen LogP contribution in [0.3, 0.4) is 0 Å². The monoisotopic (exact) mass is 802 g/mol. The Bertz CT molecular complexity index is 1410. The second kappa shape index (κ2) is 20.5. The average Bonchev–Trinajstić information content (AvgIpc) is 3.41. The van der Waals surface area contributed by atoms with Gasteiger partial charge >= 0.3 is 0 Å². The van der Waals surface area contributed by atoms with Crippen molar-refractivity contribution in [2.75, 3.05) is 26.8 Å². The number of hydrogen-bond acceptors (Lipinski definition) is 9. The minimum atomic E-state index is -1.20. The average molecular weight is 802 g/mol. The summed E-state index contributed by atoms with van der Waals surface area (Å²) in [5.74, 6) is -2.72. The summed E-state index contributed by atoms with van der Waals surface area (Å²) < 4.78 is 12.6. The quantitative estimate of drug-likeness (QED) is 0.0900. The van der Waals surface area contributed by atoms with E-state index in [4.69, 9.17) is 26.4 Å². The molecule has 1 saturated heterocycles. The van der Waals surface area contributed by atoms with Crippen molar-refractivity contribution in [3.8, 4) is 0 Å². The molecule has 5 rings (SSSR count). The van der Waals surface area contributed by atoms with Gasteiger partial charge in [0.05, 0.1) is 31.3 Å². The first-order chi connectivity index (χ1) is 27.2. The Balaban J connectivity index is 1.40. The normalized spacial score (nSPS) is 34.1. The summed E-state index contributed by atoms with van der Waals surface area (Å²) in [6.45, 7) is 5.37. The number of carbonyl (C=O) groups excluding carboxylic acids is 5. The number of nitrogens with two attached hydrogens (primary N) is 2. The number of guanidine groups is 1. The van der Waals surface area contributed by atoms with Crippen molar-refractivity contribution in [1.29, 1.82) is 5.41 Å². The lowest BCUT2D eigenvalue weighted by molar-refractivity contribution is -0.148. The lowest BCUT2D eigenvalue weighted by atomic mass is 9.51. The van der Waals surface area contributed by atoms with Gasteiger partial charge in [0.2, 0.25) is 29.5 Å². The van der Waals surface area contributed by atoms with Crippen molar-refractivity contribution in [2.24, 2.45) is 34.6 Å². The van der Waals surface area contributed by atoms with Crippen LogP contribution in [0.4, 0.5) is 0 Å².